The van der Waals surface area contributed by atoms with Crippen LogP contribution in [-0.4, -0.2) is 27.4 Å². The van der Waals surface area contributed by atoms with Crippen molar-refractivity contribution in [1.82, 2.24) is 10.2 Å². The Labute approximate surface area is 144 Å². The van der Waals surface area contributed by atoms with Crippen molar-refractivity contribution in [2.45, 2.75) is 48.7 Å². The second-order valence-corrected chi connectivity index (χ2v) is 8.16. The van der Waals surface area contributed by atoms with E-state index in [0.717, 1.165) is 21.6 Å². The summed E-state index contributed by atoms with van der Waals surface area (Å²) in [5.41, 5.74) is 2.09. The molecule has 3 rings (SSSR count). The summed E-state index contributed by atoms with van der Waals surface area (Å²) < 4.78 is 0.817. The smallest absolute Gasteiger partial charge is 0.237 e. The Morgan fingerprint density at radius 3 is 2.74 bits per heavy atom. The van der Waals surface area contributed by atoms with E-state index >= 15 is 0 Å². The Morgan fingerprint density at radius 1 is 1.35 bits per heavy atom. The van der Waals surface area contributed by atoms with Gasteiger partial charge in [0.25, 0.3) is 0 Å². The van der Waals surface area contributed by atoms with Crippen LogP contribution in [0.4, 0.5) is 10.8 Å². The van der Waals surface area contributed by atoms with E-state index in [4.69, 9.17) is 0 Å². The number of carbonyl (C=O) groups excluding carboxylic acids is 1. The summed E-state index contributed by atoms with van der Waals surface area (Å²) in [7, 11) is 0. The maximum absolute atomic E-state index is 12.3. The van der Waals surface area contributed by atoms with Gasteiger partial charge in [0.2, 0.25) is 11.0 Å². The number of anilines is 2. The molecule has 1 heterocycles. The summed E-state index contributed by atoms with van der Waals surface area (Å²) in [5, 5.41) is 15.1. The fraction of sp³-hybridized carbons (Fsp3) is 0.438. The molecule has 0 spiro atoms. The largest absolute Gasteiger partial charge is 0.357 e. The molecule has 7 heteroatoms. The molecule has 2 aromatic rings. The van der Waals surface area contributed by atoms with Crippen LogP contribution >= 0.6 is 23.1 Å². The number of nitrogens with one attached hydrogen (secondary N) is 2. The van der Waals surface area contributed by atoms with Crippen LogP contribution < -0.4 is 10.6 Å². The highest BCUT2D eigenvalue weighted by atomic mass is 32.2. The first-order valence-corrected chi connectivity index (χ1v) is 9.50. The maximum Gasteiger partial charge on any atom is 0.237 e. The van der Waals surface area contributed by atoms with Gasteiger partial charge in [-0.3, -0.25) is 4.79 Å². The molecule has 1 fully saturated rings. The summed E-state index contributed by atoms with van der Waals surface area (Å²) in [6.45, 7) is 4.00. The van der Waals surface area contributed by atoms with Gasteiger partial charge in [-0.25, -0.2) is 0 Å². The van der Waals surface area contributed by atoms with Crippen molar-refractivity contribution in [1.29, 1.82) is 0 Å². The number of nitrogens with zero attached hydrogens (tertiary/aromatic N) is 2. The highest BCUT2D eigenvalue weighted by Crippen LogP contribution is 2.32. The van der Waals surface area contributed by atoms with E-state index in [0.29, 0.717) is 6.04 Å². The first-order chi connectivity index (χ1) is 11.1. The molecular formula is C16H20N4OS2. The van der Waals surface area contributed by atoms with Crippen LogP contribution in [0.1, 0.15) is 32.3 Å². The van der Waals surface area contributed by atoms with E-state index in [1.807, 2.05) is 31.2 Å². The van der Waals surface area contributed by atoms with Gasteiger partial charge in [0.1, 0.15) is 0 Å². The van der Waals surface area contributed by atoms with Gasteiger partial charge >= 0.3 is 0 Å². The van der Waals surface area contributed by atoms with E-state index < -0.39 is 0 Å². The topological polar surface area (TPSA) is 66.9 Å². The molecule has 1 aromatic carbocycles. The monoisotopic (exact) mass is 348 g/mol. The van der Waals surface area contributed by atoms with Crippen molar-refractivity contribution < 1.29 is 4.79 Å². The Hall–Kier alpha value is -1.60. The fourth-order valence-corrected chi connectivity index (χ4v) is 3.96. The summed E-state index contributed by atoms with van der Waals surface area (Å²) in [6.07, 6.45) is 3.41. The number of benzene rings is 1. The van der Waals surface area contributed by atoms with E-state index in [1.54, 1.807) is 0 Å². The van der Waals surface area contributed by atoms with Crippen molar-refractivity contribution in [2.75, 3.05) is 10.6 Å². The number of hydrogen-bond donors (Lipinski definition) is 2. The molecular weight excluding hydrogens is 328 g/mol. The number of rotatable bonds is 7. The lowest BCUT2D eigenvalue weighted by Gasteiger charge is -2.10. The van der Waals surface area contributed by atoms with Crippen LogP contribution in [0.3, 0.4) is 0 Å². The van der Waals surface area contributed by atoms with Gasteiger partial charge in [-0.1, -0.05) is 42.2 Å². The molecule has 1 amide bonds. The highest BCUT2D eigenvalue weighted by molar-refractivity contribution is 8.02. The maximum atomic E-state index is 12.3. The standard InChI is InChI=1S/C16H20N4OS2/c1-3-11-4-6-12(7-5-11)17-14(21)10(2)22-16-20-19-15(23-16)18-13-8-9-13/h4-7,10,13H,3,8-9H2,1-2H3,(H,17,21)(H,18,19)/t10-/m0/s1. The van der Waals surface area contributed by atoms with E-state index in [2.05, 4.69) is 27.8 Å². The minimum absolute atomic E-state index is 0.0221. The van der Waals surface area contributed by atoms with Crippen molar-refractivity contribution in [3.63, 3.8) is 0 Å². The van der Waals surface area contributed by atoms with Gasteiger partial charge in [-0.05, 0) is 43.9 Å². The first kappa shape index (κ1) is 16.3. The third-order valence-electron chi connectivity index (χ3n) is 3.59. The third kappa shape index (κ3) is 4.68. The highest BCUT2D eigenvalue weighted by Gasteiger charge is 2.23. The van der Waals surface area contributed by atoms with Crippen LogP contribution in [0.15, 0.2) is 28.6 Å². The summed E-state index contributed by atoms with van der Waals surface area (Å²) in [5.74, 6) is -0.0221. The van der Waals surface area contributed by atoms with Crippen molar-refractivity contribution >= 4 is 39.8 Å². The molecule has 23 heavy (non-hydrogen) atoms. The molecule has 0 saturated heterocycles. The molecule has 0 aliphatic heterocycles. The predicted molar refractivity (Wildman–Crippen MR) is 96.3 cm³/mol. The Morgan fingerprint density at radius 2 is 2.09 bits per heavy atom. The van der Waals surface area contributed by atoms with Crippen LogP contribution in [-0.2, 0) is 11.2 Å². The van der Waals surface area contributed by atoms with Crippen LogP contribution in [0.2, 0.25) is 0 Å². The summed E-state index contributed by atoms with van der Waals surface area (Å²) in [4.78, 5) is 12.3. The molecule has 1 atom stereocenters. The molecule has 1 aliphatic rings. The van der Waals surface area contributed by atoms with E-state index in [1.165, 1.54) is 41.5 Å². The van der Waals surface area contributed by atoms with Gasteiger partial charge in [0.15, 0.2) is 4.34 Å². The molecule has 1 saturated carbocycles. The quantitative estimate of drug-likeness (QED) is 0.745. The second kappa shape index (κ2) is 7.31. The van der Waals surface area contributed by atoms with Crippen LogP contribution in [0, 0.1) is 0 Å². The number of hydrogen-bond acceptors (Lipinski definition) is 6. The molecule has 2 N–H and O–H groups in total. The molecule has 1 aromatic heterocycles. The molecule has 0 unspecified atom stereocenters. The molecule has 0 radical (unpaired) electrons. The van der Waals surface area contributed by atoms with Crippen molar-refractivity contribution in [3.05, 3.63) is 29.8 Å². The van der Waals surface area contributed by atoms with Gasteiger partial charge < -0.3 is 10.6 Å². The minimum atomic E-state index is -0.220. The zero-order valence-corrected chi connectivity index (χ0v) is 14.8. The lowest BCUT2D eigenvalue weighted by atomic mass is 10.1. The van der Waals surface area contributed by atoms with E-state index in [-0.39, 0.29) is 11.2 Å². The lowest BCUT2D eigenvalue weighted by molar-refractivity contribution is -0.115. The first-order valence-electron chi connectivity index (χ1n) is 7.80. The number of aryl methyl sites for hydroxylation is 1. The number of aromatic nitrogens is 2. The average molecular weight is 348 g/mol. The Kier molecular flexibility index (Phi) is 5.17. The number of amides is 1. The molecule has 0 bridgehead atoms. The third-order valence-corrected chi connectivity index (χ3v) is 5.63. The Bertz CT molecular complexity index is 667. The van der Waals surface area contributed by atoms with Crippen LogP contribution in [0.25, 0.3) is 0 Å². The van der Waals surface area contributed by atoms with Crippen LogP contribution in [0.5, 0.6) is 0 Å². The zero-order chi connectivity index (χ0) is 16.2. The fourth-order valence-electron chi connectivity index (χ4n) is 1.99. The zero-order valence-electron chi connectivity index (χ0n) is 13.2. The number of carbonyl (C=O) groups is 1. The predicted octanol–water partition coefficient (Wildman–Crippen LogP) is 3.79. The van der Waals surface area contributed by atoms with Gasteiger partial charge in [0.05, 0.1) is 5.25 Å². The second-order valence-electron chi connectivity index (χ2n) is 5.59. The molecule has 5 nitrogen and oxygen atoms in total. The van der Waals surface area contributed by atoms with Crippen molar-refractivity contribution in [3.8, 4) is 0 Å². The average Bonchev–Trinajstić information content (AvgIpc) is 3.26. The van der Waals surface area contributed by atoms with Gasteiger partial charge in [-0.15, -0.1) is 10.2 Å². The molecule has 1 aliphatic carbocycles. The van der Waals surface area contributed by atoms with E-state index in [9.17, 15) is 4.79 Å². The van der Waals surface area contributed by atoms with Crippen molar-refractivity contribution in [2.24, 2.45) is 0 Å². The molecule has 122 valence electrons. The number of thioether (sulfide) groups is 1. The lowest BCUT2D eigenvalue weighted by Crippen LogP contribution is -2.22. The minimum Gasteiger partial charge on any atom is -0.357 e. The normalized spacial score (nSPS) is 15.2. The summed E-state index contributed by atoms with van der Waals surface area (Å²) >= 11 is 2.95. The van der Waals surface area contributed by atoms with Gasteiger partial charge in [-0.2, -0.15) is 0 Å². The summed E-state index contributed by atoms with van der Waals surface area (Å²) in [6, 6.07) is 8.52. The SMILES string of the molecule is CCc1ccc(NC(=O)[C@H](C)Sc2nnc(NC3CC3)s2)cc1. The van der Waals surface area contributed by atoms with Gasteiger partial charge in [0, 0.05) is 11.7 Å². The Balaban J connectivity index is 1.52.